The first kappa shape index (κ1) is 20.4. The van der Waals surface area contributed by atoms with Gasteiger partial charge >= 0.3 is 0 Å². The Balaban J connectivity index is 1.71. The van der Waals surface area contributed by atoms with Crippen LogP contribution in [0.4, 0.5) is 4.39 Å². The predicted molar refractivity (Wildman–Crippen MR) is 131 cm³/mol. The molecular formula is C29H26FNO2. The zero-order valence-electron chi connectivity index (χ0n) is 18.9. The van der Waals surface area contributed by atoms with Crippen molar-refractivity contribution in [2.75, 3.05) is 13.2 Å². The summed E-state index contributed by atoms with van der Waals surface area (Å²) in [6, 6.07) is 20.2. The molecule has 3 aromatic carbocycles. The normalized spacial score (nSPS) is 15.3. The van der Waals surface area contributed by atoms with E-state index in [-0.39, 0.29) is 11.7 Å². The van der Waals surface area contributed by atoms with Gasteiger partial charge < -0.3 is 9.15 Å². The van der Waals surface area contributed by atoms with Crippen molar-refractivity contribution in [2.45, 2.75) is 38.5 Å². The Morgan fingerprint density at radius 2 is 1.58 bits per heavy atom. The average molecular weight is 440 g/mol. The monoisotopic (exact) mass is 439 g/mol. The van der Waals surface area contributed by atoms with Gasteiger partial charge in [-0.25, -0.2) is 9.37 Å². The van der Waals surface area contributed by atoms with E-state index in [9.17, 15) is 0 Å². The van der Waals surface area contributed by atoms with Gasteiger partial charge in [-0.2, -0.15) is 0 Å². The molecule has 0 radical (unpaired) electrons. The third-order valence-electron chi connectivity index (χ3n) is 6.91. The molecule has 3 heterocycles. The van der Waals surface area contributed by atoms with Crippen molar-refractivity contribution in [3.63, 3.8) is 0 Å². The summed E-state index contributed by atoms with van der Waals surface area (Å²) >= 11 is 0. The van der Waals surface area contributed by atoms with Crippen LogP contribution >= 0.6 is 0 Å². The fourth-order valence-corrected chi connectivity index (χ4v) is 5.05. The first-order valence-corrected chi connectivity index (χ1v) is 11.7. The standard InChI is InChI=1S/C29H26FNO2/c1-17(2)19-15-23-20-7-5-6-10-25(20)33-29(23)24(16-19)28-22-9-4-3-8-21(22)26(30)27(31-28)18-11-13-32-14-12-18/h3-10,15-18H,11-14H2,1-2H3. The SMILES string of the molecule is CC(C)c1cc(-c2nc(C3CCOCC3)c(F)c3ccccc23)c2oc3ccccc3c2c1. The molecule has 1 saturated heterocycles. The lowest BCUT2D eigenvalue weighted by Gasteiger charge is -2.23. The number of furan rings is 1. The topological polar surface area (TPSA) is 35.3 Å². The molecule has 2 aromatic heterocycles. The molecule has 0 N–H and O–H groups in total. The lowest BCUT2D eigenvalue weighted by atomic mass is 9.91. The van der Waals surface area contributed by atoms with Crippen molar-refractivity contribution in [3.8, 4) is 11.3 Å². The van der Waals surface area contributed by atoms with Crippen molar-refractivity contribution in [3.05, 3.63) is 77.7 Å². The van der Waals surface area contributed by atoms with E-state index in [1.165, 1.54) is 5.56 Å². The number of benzene rings is 3. The second-order valence-electron chi connectivity index (χ2n) is 9.29. The van der Waals surface area contributed by atoms with Gasteiger partial charge in [0.1, 0.15) is 11.2 Å². The number of para-hydroxylation sites is 1. The fourth-order valence-electron chi connectivity index (χ4n) is 5.05. The highest BCUT2D eigenvalue weighted by atomic mass is 19.1. The predicted octanol–water partition coefficient (Wildman–Crippen LogP) is 7.96. The van der Waals surface area contributed by atoms with Crippen molar-refractivity contribution >= 4 is 32.7 Å². The maximum Gasteiger partial charge on any atom is 0.152 e. The van der Waals surface area contributed by atoms with Crippen LogP contribution in [0.1, 0.15) is 49.8 Å². The Morgan fingerprint density at radius 1 is 0.879 bits per heavy atom. The van der Waals surface area contributed by atoms with Crippen LogP contribution in [-0.2, 0) is 4.74 Å². The lowest BCUT2D eigenvalue weighted by Crippen LogP contribution is -2.17. The number of hydrogen-bond acceptors (Lipinski definition) is 3. The van der Waals surface area contributed by atoms with E-state index in [1.54, 1.807) is 0 Å². The summed E-state index contributed by atoms with van der Waals surface area (Å²) < 4.78 is 27.6. The number of ether oxygens (including phenoxy) is 1. The number of fused-ring (bicyclic) bond motifs is 4. The number of hydrogen-bond donors (Lipinski definition) is 0. The molecule has 0 aliphatic carbocycles. The minimum absolute atomic E-state index is 0.0570. The molecule has 0 unspecified atom stereocenters. The summed E-state index contributed by atoms with van der Waals surface area (Å²) in [6.07, 6.45) is 1.57. The van der Waals surface area contributed by atoms with E-state index in [1.807, 2.05) is 42.5 Å². The number of halogens is 1. The Bertz CT molecular complexity index is 1490. The van der Waals surface area contributed by atoms with Crippen molar-refractivity contribution < 1.29 is 13.5 Å². The molecule has 166 valence electrons. The summed E-state index contributed by atoms with van der Waals surface area (Å²) in [7, 11) is 0. The zero-order chi connectivity index (χ0) is 22.5. The molecular weight excluding hydrogens is 413 g/mol. The van der Waals surface area contributed by atoms with E-state index < -0.39 is 0 Å². The van der Waals surface area contributed by atoms with Crippen LogP contribution in [0.15, 0.2) is 65.1 Å². The Morgan fingerprint density at radius 3 is 2.33 bits per heavy atom. The third kappa shape index (κ3) is 3.32. The molecule has 5 aromatic rings. The molecule has 0 bridgehead atoms. The van der Waals surface area contributed by atoms with Gasteiger partial charge in [-0.1, -0.05) is 56.3 Å². The first-order chi connectivity index (χ1) is 16.1. The van der Waals surface area contributed by atoms with Crippen LogP contribution in [0.25, 0.3) is 44.0 Å². The summed E-state index contributed by atoms with van der Waals surface area (Å²) in [5.74, 6) is 0.187. The van der Waals surface area contributed by atoms with E-state index in [0.717, 1.165) is 51.4 Å². The maximum absolute atomic E-state index is 15.7. The second-order valence-corrected chi connectivity index (χ2v) is 9.29. The van der Waals surface area contributed by atoms with Gasteiger partial charge in [0, 0.05) is 46.2 Å². The Kier molecular flexibility index (Phi) is 4.92. The van der Waals surface area contributed by atoms with E-state index in [2.05, 4.69) is 32.0 Å². The highest BCUT2D eigenvalue weighted by molar-refractivity contribution is 6.12. The molecule has 1 fully saturated rings. The molecule has 0 atom stereocenters. The molecule has 0 amide bonds. The van der Waals surface area contributed by atoms with Crippen molar-refractivity contribution in [1.29, 1.82) is 0 Å². The van der Waals surface area contributed by atoms with Crippen LogP contribution in [0.3, 0.4) is 0 Å². The van der Waals surface area contributed by atoms with Crippen molar-refractivity contribution in [2.24, 2.45) is 0 Å². The molecule has 6 rings (SSSR count). The highest BCUT2D eigenvalue weighted by Gasteiger charge is 2.26. The van der Waals surface area contributed by atoms with Crippen LogP contribution < -0.4 is 0 Å². The second kappa shape index (κ2) is 7.96. The maximum atomic E-state index is 15.7. The van der Waals surface area contributed by atoms with Crippen LogP contribution in [0.5, 0.6) is 0 Å². The van der Waals surface area contributed by atoms with E-state index >= 15 is 4.39 Å². The van der Waals surface area contributed by atoms with Gasteiger partial charge in [-0.05, 0) is 42.5 Å². The first-order valence-electron chi connectivity index (χ1n) is 11.7. The van der Waals surface area contributed by atoms with Crippen LogP contribution in [0, 0.1) is 5.82 Å². The molecule has 4 heteroatoms. The van der Waals surface area contributed by atoms with Crippen molar-refractivity contribution in [1.82, 2.24) is 4.98 Å². The summed E-state index contributed by atoms with van der Waals surface area (Å²) in [4.78, 5) is 5.02. The molecule has 0 saturated carbocycles. The number of aromatic nitrogens is 1. The zero-order valence-corrected chi connectivity index (χ0v) is 18.9. The molecule has 33 heavy (non-hydrogen) atoms. The number of pyridine rings is 1. The molecule has 3 nitrogen and oxygen atoms in total. The molecule has 1 aliphatic heterocycles. The van der Waals surface area contributed by atoms with Crippen LogP contribution in [-0.4, -0.2) is 18.2 Å². The van der Waals surface area contributed by atoms with E-state index in [4.69, 9.17) is 14.1 Å². The minimum Gasteiger partial charge on any atom is -0.455 e. The summed E-state index contributed by atoms with van der Waals surface area (Å²) in [5.41, 5.74) is 5.14. The van der Waals surface area contributed by atoms with Gasteiger partial charge in [0.15, 0.2) is 5.82 Å². The third-order valence-corrected chi connectivity index (χ3v) is 6.91. The molecule has 0 spiro atoms. The fraction of sp³-hybridized carbons (Fsp3) is 0.276. The number of rotatable bonds is 3. The van der Waals surface area contributed by atoms with Crippen LogP contribution in [0.2, 0.25) is 0 Å². The van der Waals surface area contributed by atoms with Gasteiger partial charge in [-0.3, -0.25) is 0 Å². The Labute approximate surface area is 192 Å². The van der Waals surface area contributed by atoms with Gasteiger partial charge in [-0.15, -0.1) is 0 Å². The summed E-state index contributed by atoms with van der Waals surface area (Å²) in [6.45, 7) is 5.67. The Hall–Kier alpha value is -3.24. The number of nitrogens with zero attached hydrogens (tertiary/aromatic N) is 1. The highest BCUT2D eigenvalue weighted by Crippen LogP contribution is 2.42. The smallest absolute Gasteiger partial charge is 0.152 e. The largest absolute Gasteiger partial charge is 0.455 e. The average Bonchev–Trinajstić information content (AvgIpc) is 3.23. The van der Waals surface area contributed by atoms with Gasteiger partial charge in [0.25, 0.3) is 0 Å². The van der Waals surface area contributed by atoms with Gasteiger partial charge in [0.05, 0.1) is 11.4 Å². The quantitative estimate of drug-likeness (QED) is 0.286. The molecule has 1 aliphatic rings. The lowest BCUT2D eigenvalue weighted by molar-refractivity contribution is 0.0838. The van der Waals surface area contributed by atoms with E-state index in [0.29, 0.717) is 30.2 Å². The van der Waals surface area contributed by atoms with Gasteiger partial charge in [0.2, 0.25) is 0 Å². The summed E-state index contributed by atoms with van der Waals surface area (Å²) in [5, 5.41) is 3.60. The minimum atomic E-state index is -0.206.